The molecule has 0 aromatic heterocycles. The van der Waals surface area contributed by atoms with Crippen LogP contribution in [0.4, 0.5) is 0 Å². The molecule has 0 fully saturated rings. The molecular formula is C11H15ClN2O2. The molecule has 0 saturated carbocycles. The number of carbonyl (C=O) groups excluding carboxylic acids is 1. The zero-order chi connectivity index (χ0) is 12.1. The molecule has 5 heteroatoms. The van der Waals surface area contributed by atoms with E-state index in [1.807, 2.05) is 0 Å². The average molecular weight is 243 g/mol. The molecule has 88 valence electrons. The molecule has 16 heavy (non-hydrogen) atoms. The van der Waals surface area contributed by atoms with E-state index in [0.717, 1.165) is 5.56 Å². The molecule has 0 heterocycles. The summed E-state index contributed by atoms with van der Waals surface area (Å²) in [6.45, 7) is 1.79. The van der Waals surface area contributed by atoms with Crippen LogP contribution < -0.4 is 15.6 Å². The van der Waals surface area contributed by atoms with Crippen LogP contribution in [-0.2, 0) is 4.79 Å². The average Bonchev–Trinajstić information content (AvgIpc) is 2.28. The number of hydrogen-bond acceptors (Lipinski definition) is 3. The lowest BCUT2D eigenvalue weighted by Crippen LogP contribution is -2.37. The maximum Gasteiger partial charge on any atom is 0.241 e. The number of hydrazine groups is 1. The van der Waals surface area contributed by atoms with Crippen molar-refractivity contribution in [3.05, 3.63) is 28.8 Å². The molecule has 2 N–H and O–H groups in total. The molecule has 0 saturated heterocycles. The molecule has 1 amide bonds. The van der Waals surface area contributed by atoms with E-state index in [1.54, 1.807) is 39.3 Å². The Hall–Kier alpha value is -1.26. The molecule has 0 radical (unpaired) electrons. The maximum atomic E-state index is 11.7. The van der Waals surface area contributed by atoms with E-state index in [9.17, 15) is 4.79 Å². The molecule has 4 nitrogen and oxygen atoms in total. The molecule has 0 aliphatic heterocycles. The fourth-order valence-corrected chi connectivity index (χ4v) is 1.60. The highest BCUT2D eigenvalue weighted by Gasteiger charge is 2.18. The number of hydrogen-bond donors (Lipinski definition) is 2. The summed E-state index contributed by atoms with van der Waals surface area (Å²) < 4.78 is 5.19. The van der Waals surface area contributed by atoms with Gasteiger partial charge in [-0.15, -0.1) is 0 Å². The van der Waals surface area contributed by atoms with Crippen molar-refractivity contribution in [2.75, 3.05) is 14.2 Å². The van der Waals surface area contributed by atoms with Crippen molar-refractivity contribution >= 4 is 17.5 Å². The number of ether oxygens (including phenoxy) is 1. The number of rotatable bonds is 4. The first-order valence-corrected chi connectivity index (χ1v) is 5.28. The van der Waals surface area contributed by atoms with E-state index < -0.39 is 0 Å². The summed E-state index contributed by atoms with van der Waals surface area (Å²) in [6, 6.07) is 5.22. The van der Waals surface area contributed by atoms with Gasteiger partial charge in [-0.2, -0.15) is 0 Å². The molecule has 1 aromatic carbocycles. The zero-order valence-electron chi connectivity index (χ0n) is 9.50. The summed E-state index contributed by atoms with van der Waals surface area (Å²) in [6.07, 6.45) is 0. The van der Waals surface area contributed by atoms with E-state index >= 15 is 0 Å². The Balaban J connectivity index is 3.01. The minimum atomic E-state index is -0.332. The Morgan fingerprint density at radius 3 is 2.75 bits per heavy atom. The molecule has 0 aliphatic carbocycles. The SMILES string of the molecule is CNNC(=O)C(C)c1cc(Cl)ccc1OC. The minimum absolute atomic E-state index is 0.136. The van der Waals surface area contributed by atoms with E-state index in [4.69, 9.17) is 16.3 Å². The summed E-state index contributed by atoms with van der Waals surface area (Å²) in [5, 5.41) is 0.583. The van der Waals surface area contributed by atoms with Gasteiger partial charge in [-0.25, -0.2) is 5.43 Å². The molecule has 1 aromatic rings. The first-order chi connectivity index (χ1) is 7.60. The van der Waals surface area contributed by atoms with Gasteiger partial charge in [0.2, 0.25) is 5.91 Å². The van der Waals surface area contributed by atoms with Crippen molar-refractivity contribution in [3.8, 4) is 5.75 Å². The summed E-state index contributed by atoms with van der Waals surface area (Å²) in [5.41, 5.74) is 5.89. The lowest BCUT2D eigenvalue weighted by Gasteiger charge is -2.15. The van der Waals surface area contributed by atoms with Gasteiger partial charge in [-0.3, -0.25) is 10.2 Å². The molecule has 0 aliphatic rings. The second-order valence-corrected chi connectivity index (χ2v) is 3.78. The van der Waals surface area contributed by atoms with E-state index in [-0.39, 0.29) is 11.8 Å². The van der Waals surface area contributed by atoms with Gasteiger partial charge in [0.1, 0.15) is 5.75 Å². The largest absolute Gasteiger partial charge is 0.496 e. The van der Waals surface area contributed by atoms with E-state index in [0.29, 0.717) is 10.8 Å². The van der Waals surface area contributed by atoms with Crippen LogP contribution in [-0.4, -0.2) is 20.1 Å². The summed E-state index contributed by atoms with van der Waals surface area (Å²) in [5.74, 6) is 0.187. The predicted octanol–water partition coefficient (Wildman–Crippen LogP) is 1.70. The Labute approximate surface area is 99.9 Å². The van der Waals surface area contributed by atoms with Crippen LogP contribution in [0.3, 0.4) is 0 Å². The maximum absolute atomic E-state index is 11.7. The normalized spacial score (nSPS) is 12.0. The van der Waals surface area contributed by atoms with Crippen molar-refractivity contribution in [1.29, 1.82) is 0 Å². The number of carbonyl (C=O) groups is 1. The van der Waals surface area contributed by atoms with Crippen LogP contribution in [0.15, 0.2) is 18.2 Å². The van der Waals surface area contributed by atoms with Gasteiger partial charge in [0, 0.05) is 17.6 Å². The van der Waals surface area contributed by atoms with Crippen molar-refractivity contribution in [3.63, 3.8) is 0 Å². The minimum Gasteiger partial charge on any atom is -0.496 e. The summed E-state index contributed by atoms with van der Waals surface area (Å²) >= 11 is 5.90. The number of halogens is 1. The molecule has 0 spiro atoms. The first-order valence-electron chi connectivity index (χ1n) is 4.90. The monoisotopic (exact) mass is 242 g/mol. The second-order valence-electron chi connectivity index (χ2n) is 3.35. The lowest BCUT2D eigenvalue weighted by atomic mass is 9.99. The molecule has 1 unspecified atom stereocenters. The molecule has 1 atom stereocenters. The number of amides is 1. The summed E-state index contributed by atoms with van der Waals surface area (Å²) in [4.78, 5) is 11.7. The quantitative estimate of drug-likeness (QED) is 0.791. The topological polar surface area (TPSA) is 50.4 Å². The first kappa shape index (κ1) is 12.8. The van der Waals surface area contributed by atoms with Crippen molar-refractivity contribution in [2.45, 2.75) is 12.8 Å². The van der Waals surface area contributed by atoms with E-state index in [1.165, 1.54) is 0 Å². The number of nitrogens with one attached hydrogen (secondary N) is 2. The fraction of sp³-hybridized carbons (Fsp3) is 0.364. The Bertz CT molecular complexity index is 382. The number of methoxy groups -OCH3 is 1. The van der Waals surface area contributed by atoms with Crippen molar-refractivity contribution in [2.24, 2.45) is 0 Å². The third kappa shape index (κ3) is 2.87. The third-order valence-corrected chi connectivity index (χ3v) is 2.53. The molecular weight excluding hydrogens is 228 g/mol. The van der Waals surface area contributed by atoms with Gasteiger partial charge in [0.15, 0.2) is 0 Å². The predicted molar refractivity (Wildman–Crippen MR) is 63.6 cm³/mol. The van der Waals surface area contributed by atoms with Crippen LogP contribution in [0.2, 0.25) is 5.02 Å². The highest BCUT2D eigenvalue weighted by molar-refractivity contribution is 6.30. The third-order valence-electron chi connectivity index (χ3n) is 2.30. The van der Waals surface area contributed by atoms with Gasteiger partial charge < -0.3 is 4.74 Å². The van der Waals surface area contributed by atoms with Gasteiger partial charge in [-0.1, -0.05) is 11.6 Å². The van der Waals surface area contributed by atoms with Gasteiger partial charge in [0.05, 0.1) is 13.0 Å². The Morgan fingerprint density at radius 1 is 1.50 bits per heavy atom. The van der Waals surface area contributed by atoms with Crippen LogP contribution in [0, 0.1) is 0 Å². The zero-order valence-corrected chi connectivity index (χ0v) is 10.3. The van der Waals surface area contributed by atoms with Gasteiger partial charge in [-0.05, 0) is 25.1 Å². The fourth-order valence-electron chi connectivity index (χ4n) is 1.42. The smallest absolute Gasteiger partial charge is 0.241 e. The van der Waals surface area contributed by atoms with Crippen LogP contribution in [0.1, 0.15) is 18.4 Å². The molecule has 0 bridgehead atoms. The van der Waals surface area contributed by atoms with Crippen molar-refractivity contribution in [1.82, 2.24) is 10.9 Å². The van der Waals surface area contributed by atoms with Crippen LogP contribution in [0.25, 0.3) is 0 Å². The standard InChI is InChI=1S/C11H15ClN2O2/c1-7(11(15)14-13-2)9-6-8(12)4-5-10(9)16-3/h4-7,13H,1-3H3,(H,14,15). The second kappa shape index (κ2) is 5.72. The molecule has 1 rings (SSSR count). The number of benzene rings is 1. The highest BCUT2D eigenvalue weighted by atomic mass is 35.5. The van der Waals surface area contributed by atoms with E-state index in [2.05, 4.69) is 10.9 Å². The Morgan fingerprint density at radius 2 is 2.19 bits per heavy atom. The van der Waals surface area contributed by atoms with Crippen molar-refractivity contribution < 1.29 is 9.53 Å². The van der Waals surface area contributed by atoms with Crippen LogP contribution >= 0.6 is 11.6 Å². The highest BCUT2D eigenvalue weighted by Crippen LogP contribution is 2.29. The Kier molecular flexibility index (Phi) is 4.58. The lowest BCUT2D eigenvalue weighted by molar-refractivity contribution is -0.123. The van der Waals surface area contributed by atoms with Crippen LogP contribution in [0.5, 0.6) is 5.75 Å². The summed E-state index contributed by atoms with van der Waals surface area (Å²) in [7, 11) is 3.20. The van der Waals surface area contributed by atoms with Gasteiger partial charge in [0.25, 0.3) is 0 Å². The van der Waals surface area contributed by atoms with Gasteiger partial charge >= 0.3 is 0 Å².